The van der Waals surface area contributed by atoms with E-state index in [4.69, 9.17) is 14.6 Å². The molecule has 0 aliphatic rings. The summed E-state index contributed by atoms with van der Waals surface area (Å²) in [6.45, 7) is 4.06. The van der Waals surface area contributed by atoms with Gasteiger partial charge in [0.2, 0.25) is 0 Å². The van der Waals surface area contributed by atoms with Crippen LogP contribution in [0, 0.1) is 6.92 Å². The summed E-state index contributed by atoms with van der Waals surface area (Å²) in [7, 11) is 1.65. The molecule has 0 aliphatic carbocycles. The van der Waals surface area contributed by atoms with Crippen molar-refractivity contribution in [2.45, 2.75) is 6.92 Å². The largest absolute Gasteiger partial charge is 0.496 e. The zero-order chi connectivity index (χ0) is 11.8. The summed E-state index contributed by atoms with van der Waals surface area (Å²) >= 11 is 0. The molecule has 0 saturated carbocycles. The van der Waals surface area contributed by atoms with E-state index in [0.717, 1.165) is 23.6 Å². The van der Waals surface area contributed by atoms with Gasteiger partial charge in [-0.15, -0.1) is 0 Å². The molecule has 0 saturated heterocycles. The second-order valence-corrected chi connectivity index (χ2v) is 3.45. The predicted molar refractivity (Wildman–Crippen MR) is 63.2 cm³/mol. The molecule has 4 heteroatoms. The highest BCUT2D eigenvalue weighted by Gasteiger charge is 2.00. The minimum Gasteiger partial charge on any atom is -0.496 e. The molecule has 0 amide bonds. The molecule has 90 valence electrons. The molecule has 1 aromatic rings. The van der Waals surface area contributed by atoms with Gasteiger partial charge in [0.1, 0.15) is 18.1 Å². The number of hydrogen-bond donors (Lipinski definition) is 2. The zero-order valence-corrected chi connectivity index (χ0v) is 9.82. The van der Waals surface area contributed by atoms with Crippen molar-refractivity contribution in [3.63, 3.8) is 0 Å². The minimum absolute atomic E-state index is 0.154. The number of aliphatic hydroxyl groups excluding tert-OH is 1. The smallest absolute Gasteiger partial charge is 0.122 e. The van der Waals surface area contributed by atoms with Crippen LogP contribution >= 0.6 is 0 Å². The maximum atomic E-state index is 8.56. The second kappa shape index (κ2) is 7.09. The molecule has 0 fully saturated rings. The van der Waals surface area contributed by atoms with E-state index in [9.17, 15) is 0 Å². The monoisotopic (exact) mass is 225 g/mol. The van der Waals surface area contributed by atoms with E-state index >= 15 is 0 Å². The Morgan fingerprint density at radius 3 is 2.75 bits per heavy atom. The molecular weight excluding hydrogens is 206 g/mol. The summed E-state index contributed by atoms with van der Waals surface area (Å²) in [5.41, 5.74) is 1.06. The lowest BCUT2D eigenvalue weighted by Gasteiger charge is -2.09. The summed E-state index contributed by atoms with van der Waals surface area (Å²) in [6, 6.07) is 5.73. The highest BCUT2D eigenvalue weighted by molar-refractivity contribution is 5.39. The van der Waals surface area contributed by atoms with Gasteiger partial charge in [-0.1, -0.05) is 0 Å². The third-order valence-corrected chi connectivity index (χ3v) is 2.20. The number of aryl methyl sites for hydroxylation is 1. The van der Waals surface area contributed by atoms with E-state index < -0.39 is 0 Å². The Kier molecular flexibility index (Phi) is 5.67. The van der Waals surface area contributed by atoms with Crippen LogP contribution in [0.2, 0.25) is 0 Å². The van der Waals surface area contributed by atoms with Gasteiger partial charge in [-0.2, -0.15) is 0 Å². The van der Waals surface area contributed by atoms with Crippen molar-refractivity contribution in [2.24, 2.45) is 0 Å². The molecule has 0 bridgehead atoms. The van der Waals surface area contributed by atoms with Crippen molar-refractivity contribution in [1.29, 1.82) is 0 Å². The first-order valence-electron chi connectivity index (χ1n) is 5.37. The minimum atomic E-state index is 0.154. The third-order valence-electron chi connectivity index (χ3n) is 2.20. The van der Waals surface area contributed by atoms with Gasteiger partial charge in [-0.3, -0.25) is 0 Å². The van der Waals surface area contributed by atoms with Gasteiger partial charge in [-0.05, 0) is 30.7 Å². The van der Waals surface area contributed by atoms with Crippen molar-refractivity contribution < 1.29 is 14.6 Å². The van der Waals surface area contributed by atoms with Crippen LogP contribution in [0.25, 0.3) is 0 Å². The van der Waals surface area contributed by atoms with Crippen molar-refractivity contribution >= 4 is 0 Å². The fourth-order valence-electron chi connectivity index (χ4n) is 1.39. The molecular formula is C12H19NO3. The topological polar surface area (TPSA) is 50.7 Å². The summed E-state index contributed by atoms with van der Waals surface area (Å²) in [5, 5.41) is 11.6. The molecule has 0 aliphatic heterocycles. The van der Waals surface area contributed by atoms with Crippen molar-refractivity contribution in [3.8, 4) is 11.5 Å². The van der Waals surface area contributed by atoms with E-state index in [1.807, 2.05) is 25.1 Å². The lowest BCUT2D eigenvalue weighted by molar-refractivity contribution is 0.275. The van der Waals surface area contributed by atoms with Crippen LogP contribution in [-0.4, -0.2) is 38.5 Å². The van der Waals surface area contributed by atoms with Gasteiger partial charge in [0.25, 0.3) is 0 Å². The Morgan fingerprint density at radius 2 is 2.12 bits per heavy atom. The SMILES string of the molecule is COc1ccc(OCCNCCO)cc1C. The van der Waals surface area contributed by atoms with Gasteiger partial charge in [0.15, 0.2) is 0 Å². The van der Waals surface area contributed by atoms with Gasteiger partial charge in [0.05, 0.1) is 13.7 Å². The van der Waals surface area contributed by atoms with E-state index in [2.05, 4.69) is 5.32 Å². The zero-order valence-electron chi connectivity index (χ0n) is 9.82. The van der Waals surface area contributed by atoms with Crippen LogP contribution in [0.3, 0.4) is 0 Å². The normalized spacial score (nSPS) is 10.2. The predicted octanol–water partition coefficient (Wildman–Crippen LogP) is 0.964. The molecule has 1 aromatic carbocycles. The molecule has 1 rings (SSSR count). The maximum absolute atomic E-state index is 8.56. The maximum Gasteiger partial charge on any atom is 0.122 e. The lowest BCUT2D eigenvalue weighted by Crippen LogP contribution is -2.23. The molecule has 0 spiro atoms. The summed E-state index contributed by atoms with van der Waals surface area (Å²) < 4.78 is 10.7. The van der Waals surface area contributed by atoms with Crippen LogP contribution in [0.4, 0.5) is 0 Å². The number of hydrogen-bond acceptors (Lipinski definition) is 4. The molecule has 0 heterocycles. The van der Waals surface area contributed by atoms with Crippen LogP contribution in [0.15, 0.2) is 18.2 Å². The number of nitrogens with one attached hydrogen (secondary N) is 1. The Balaban J connectivity index is 2.34. The average molecular weight is 225 g/mol. The van der Waals surface area contributed by atoms with E-state index in [-0.39, 0.29) is 6.61 Å². The first-order valence-corrected chi connectivity index (χ1v) is 5.37. The van der Waals surface area contributed by atoms with Crippen LogP contribution in [0.5, 0.6) is 11.5 Å². The Bertz CT molecular complexity index is 315. The van der Waals surface area contributed by atoms with Crippen molar-refractivity contribution in [2.75, 3.05) is 33.4 Å². The van der Waals surface area contributed by atoms with Gasteiger partial charge < -0.3 is 19.9 Å². The van der Waals surface area contributed by atoms with Crippen LogP contribution < -0.4 is 14.8 Å². The number of methoxy groups -OCH3 is 1. The van der Waals surface area contributed by atoms with Gasteiger partial charge in [0, 0.05) is 13.1 Å². The summed E-state index contributed by atoms with van der Waals surface area (Å²) in [4.78, 5) is 0. The summed E-state index contributed by atoms with van der Waals surface area (Å²) in [6.07, 6.45) is 0. The van der Waals surface area contributed by atoms with Crippen LogP contribution in [0.1, 0.15) is 5.56 Å². The second-order valence-electron chi connectivity index (χ2n) is 3.45. The number of aliphatic hydroxyl groups is 1. The average Bonchev–Trinajstić information content (AvgIpc) is 2.29. The number of ether oxygens (including phenoxy) is 2. The Hall–Kier alpha value is -1.26. The Morgan fingerprint density at radius 1 is 1.31 bits per heavy atom. The quantitative estimate of drug-likeness (QED) is 0.679. The summed E-state index contributed by atoms with van der Waals surface area (Å²) in [5.74, 6) is 1.70. The van der Waals surface area contributed by atoms with E-state index in [1.165, 1.54) is 0 Å². The fourth-order valence-corrected chi connectivity index (χ4v) is 1.39. The molecule has 16 heavy (non-hydrogen) atoms. The van der Waals surface area contributed by atoms with Crippen LogP contribution in [-0.2, 0) is 0 Å². The molecule has 0 atom stereocenters. The third kappa shape index (κ3) is 4.08. The molecule has 0 aromatic heterocycles. The molecule has 2 N–H and O–H groups in total. The molecule has 4 nitrogen and oxygen atoms in total. The highest BCUT2D eigenvalue weighted by Crippen LogP contribution is 2.22. The van der Waals surface area contributed by atoms with E-state index in [0.29, 0.717) is 13.2 Å². The number of benzene rings is 1. The van der Waals surface area contributed by atoms with Gasteiger partial charge >= 0.3 is 0 Å². The first-order chi connectivity index (χ1) is 7.77. The molecule has 0 radical (unpaired) electrons. The highest BCUT2D eigenvalue weighted by atomic mass is 16.5. The lowest BCUT2D eigenvalue weighted by atomic mass is 10.2. The van der Waals surface area contributed by atoms with Crippen molar-refractivity contribution in [3.05, 3.63) is 23.8 Å². The fraction of sp³-hybridized carbons (Fsp3) is 0.500. The van der Waals surface area contributed by atoms with Crippen molar-refractivity contribution in [1.82, 2.24) is 5.32 Å². The first kappa shape index (κ1) is 12.8. The van der Waals surface area contributed by atoms with Gasteiger partial charge in [-0.25, -0.2) is 0 Å². The molecule has 0 unspecified atom stereocenters. The number of rotatable bonds is 7. The Labute approximate surface area is 96.2 Å². The van der Waals surface area contributed by atoms with E-state index in [1.54, 1.807) is 7.11 Å². The standard InChI is InChI=1S/C12H19NO3/c1-10-9-11(3-4-12(10)15-2)16-8-6-13-5-7-14/h3-4,9,13-14H,5-8H2,1-2H3.